The summed E-state index contributed by atoms with van der Waals surface area (Å²) in [5.41, 5.74) is 20.0. The number of amides is 4. The first kappa shape index (κ1) is 33.1. The molecule has 10 nitrogen and oxygen atoms in total. The number of nitrogens with two attached hydrogens (primary N) is 4. The fourth-order valence-corrected chi connectivity index (χ4v) is 4.79. The number of primary amides is 4. The molecule has 0 aromatic rings. The second-order valence-corrected chi connectivity index (χ2v) is 9.85. The van der Waals surface area contributed by atoms with Crippen LogP contribution in [0.25, 0.3) is 0 Å². The molecule has 0 heterocycles. The van der Waals surface area contributed by atoms with Gasteiger partial charge in [0.15, 0.2) is 0 Å². The van der Waals surface area contributed by atoms with Gasteiger partial charge in [0.25, 0.3) is 21.0 Å². The van der Waals surface area contributed by atoms with Crippen molar-refractivity contribution in [3.05, 3.63) is 0 Å². The smallest absolute Gasteiger partial charge is 0.276 e. The van der Waals surface area contributed by atoms with E-state index in [1.165, 1.54) is 0 Å². The second-order valence-electron chi connectivity index (χ2n) is 5.76. The molecule has 0 bridgehead atoms. The summed E-state index contributed by atoms with van der Waals surface area (Å²) in [4.78, 5) is 46.0. The van der Waals surface area contributed by atoms with Gasteiger partial charge in [0.05, 0.1) is 0 Å². The van der Waals surface area contributed by atoms with E-state index in [-0.39, 0.29) is 24.5 Å². The van der Waals surface area contributed by atoms with Gasteiger partial charge >= 0.3 is 0 Å². The lowest BCUT2D eigenvalue weighted by molar-refractivity contribution is 0.266. The Morgan fingerprint density at radius 3 is 0.862 bits per heavy atom. The number of halogens is 1. The van der Waals surface area contributed by atoms with E-state index < -0.39 is 21.0 Å². The molecule has 0 spiro atoms. The highest BCUT2D eigenvalue weighted by Crippen LogP contribution is 2.13. The molecule has 172 valence electrons. The predicted octanol–water partition coefficient (Wildman–Crippen LogP) is 1.50. The Balaban J connectivity index is -0.000000451. The summed E-state index contributed by atoms with van der Waals surface area (Å²) in [6.07, 6.45) is 0. The SMILES string of the molecule is CN(C)C(CSC(N)=O)CSC(N)=O.CN(C)C(CSC(N)=O)CSC(N)=O.Cl. The first-order valence-corrected chi connectivity index (χ1v) is 11.8. The van der Waals surface area contributed by atoms with Gasteiger partial charge in [-0.3, -0.25) is 19.2 Å². The van der Waals surface area contributed by atoms with Crippen LogP contribution in [-0.4, -0.2) is 94.0 Å². The largest absolute Gasteiger partial charge is 0.361 e. The van der Waals surface area contributed by atoms with E-state index in [0.717, 1.165) is 47.0 Å². The second kappa shape index (κ2) is 19.5. The lowest BCUT2D eigenvalue weighted by atomic mass is 10.4. The third kappa shape index (κ3) is 23.6. The van der Waals surface area contributed by atoms with E-state index in [1.54, 1.807) is 0 Å². The fraction of sp³-hybridized carbons (Fsp3) is 0.714. The zero-order valence-corrected chi connectivity index (χ0v) is 20.9. The summed E-state index contributed by atoms with van der Waals surface area (Å²) in [5.74, 6) is 2.29. The highest BCUT2D eigenvalue weighted by atomic mass is 35.5. The fourth-order valence-electron chi connectivity index (χ4n) is 1.41. The third-order valence-electron chi connectivity index (χ3n) is 3.13. The van der Waals surface area contributed by atoms with Crippen molar-refractivity contribution in [3.8, 4) is 0 Å². The Kier molecular flexibility index (Phi) is 22.2. The summed E-state index contributed by atoms with van der Waals surface area (Å²) < 4.78 is 0. The van der Waals surface area contributed by atoms with Gasteiger partial charge in [-0.15, -0.1) is 12.4 Å². The van der Waals surface area contributed by atoms with E-state index in [4.69, 9.17) is 22.9 Å². The number of rotatable bonds is 10. The minimum atomic E-state index is -0.402. The topological polar surface area (TPSA) is 179 Å². The van der Waals surface area contributed by atoms with Crippen LogP contribution in [0.3, 0.4) is 0 Å². The van der Waals surface area contributed by atoms with Crippen LogP contribution >= 0.6 is 59.5 Å². The van der Waals surface area contributed by atoms with Crippen molar-refractivity contribution < 1.29 is 19.2 Å². The standard InChI is InChI=1S/2C7H15N3O2S2.ClH/c2*1-10(2)5(3-13-6(8)11)4-14-7(9)12;/h2*5H,3-4H2,1-2H3,(H2,8,11)(H2,9,12);1H. The van der Waals surface area contributed by atoms with Crippen molar-refractivity contribution in [2.24, 2.45) is 22.9 Å². The molecule has 0 aliphatic carbocycles. The lowest BCUT2D eigenvalue weighted by Crippen LogP contribution is -2.34. The average molecular weight is 511 g/mol. The lowest BCUT2D eigenvalue weighted by Gasteiger charge is -2.22. The summed E-state index contributed by atoms with van der Waals surface area (Å²) in [7, 11) is 7.53. The molecule has 0 aliphatic heterocycles. The van der Waals surface area contributed by atoms with Crippen molar-refractivity contribution in [2.45, 2.75) is 12.1 Å². The molecule has 29 heavy (non-hydrogen) atoms. The van der Waals surface area contributed by atoms with E-state index >= 15 is 0 Å². The van der Waals surface area contributed by atoms with E-state index in [2.05, 4.69) is 0 Å². The van der Waals surface area contributed by atoms with Crippen LogP contribution in [0.15, 0.2) is 0 Å². The first-order chi connectivity index (χ1) is 12.9. The zero-order chi connectivity index (χ0) is 22.3. The quantitative estimate of drug-likeness (QED) is 0.336. The number of carbonyl (C=O) groups is 4. The van der Waals surface area contributed by atoms with Crippen molar-refractivity contribution in [2.75, 3.05) is 51.2 Å². The van der Waals surface area contributed by atoms with Crippen molar-refractivity contribution in [3.63, 3.8) is 0 Å². The first-order valence-electron chi connectivity index (χ1n) is 7.88. The average Bonchev–Trinajstić information content (AvgIpc) is 2.53. The maximum atomic E-state index is 10.5. The summed E-state index contributed by atoms with van der Waals surface area (Å²) in [6, 6.07) is 0.231. The molecule has 0 aromatic heterocycles. The molecule has 4 amide bonds. The Labute approximate surface area is 195 Å². The number of nitrogens with zero attached hydrogens (tertiary/aromatic N) is 2. The van der Waals surface area contributed by atoms with Crippen LogP contribution in [0.4, 0.5) is 19.2 Å². The van der Waals surface area contributed by atoms with Crippen LogP contribution in [0.1, 0.15) is 0 Å². The molecule has 0 rings (SSSR count). The monoisotopic (exact) mass is 510 g/mol. The van der Waals surface area contributed by atoms with Crippen LogP contribution in [-0.2, 0) is 0 Å². The van der Waals surface area contributed by atoms with Gasteiger partial charge < -0.3 is 32.7 Å². The Morgan fingerprint density at radius 1 is 0.586 bits per heavy atom. The normalized spacial score (nSPS) is 10.5. The van der Waals surface area contributed by atoms with Gasteiger partial charge in [0.1, 0.15) is 0 Å². The maximum absolute atomic E-state index is 10.5. The van der Waals surface area contributed by atoms with Gasteiger partial charge in [0.2, 0.25) is 0 Å². The molecule has 0 radical (unpaired) electrons. The van der Waals surface area contributed by atoms with E-state index in [9.17, 15) is 19.2 Å². The summed E-state index contributed by atoms with van der Waals surface area (Å²) >= 11 is 4.20. The Morgan fingerprint density at radius 2 is 0.759 bits per heavy atom. The summed E-state index contributed by atoms with van der Waals surface area (Å²) in [5, 5.41) is -1.61. The number of thioether (sulfide) groups is 4. The van der Waals surface area contributed by atoms with Gasteiger partial charge in [0, 0.05) is 35.1 Å². The third-order valence-corrected chi connectivity index (χ3v) is 6.48. The molecular formula is C14H31ClN6O4S4. The van der Waals surface area contributed by atoms with E-state index in [0.29, 0.717) is 23.0 Å². The van der Waals surface area contributed by atoms with Crippen molar-refractivity contribution in [1.29, 1.82) is 0 Å². The Hall–Kier alpha value is -0.510. The molecule has 8 N–H and O–H groups in total. The highest BCUT2D eigenvalue weighted by Gasteiger charge is 2.15. The molecule has 0 atom stereocenters. The number of hydrogen-bond donors (Lipinski definition) is 4. The van der Waals surface area contributed by atoms with E-state index in [1.807, 2.05) is 38.0 Å². The van der Waals surface area contributed by atoms with Crippen LogP contribution in [0, 0.1) is 0 Å². The highest BCUT2D eigenvalue weighted by molar-refractivity contribution is 8.14. The molecule has 0 fully saturated rings. The molecule has 0 saturated heterocycles. The molecule has 15 heteroatoms. The number of hydrogen-bond acceptors (Lipinski definition) is 10. The molecule has 0 saturated carbocycles. The van der Waals surface area contributed by atoms with Crippen LogP contribution < -0.4 is 22.9 Å². The van der Waals surface area contributed by atoms with Crippen molar-refractivity contribution >= 4 is 80.4 Å². The van der Waals surface area contributed by atoms with Gasteiger partial charge in [-0.05, 0) is 28.2 Å². The molecule has 0 unspecified atom stereocenters. The minimum absolute atomic E-state index is 0. The Bertz CT molecular complexity index is 436. The molecule has 0 aromatic carbocycles. The molecular weight excluding hydrogens is 480 g/mol. The van der Waals surface area contributed by atoms with Crippen LogP contribution in [0.2, 0.25) is 0 Å². The number of carbonyl (C=O) groups excluding carboxylic acids is 4. The minimum Gasteiger partial charge on any atom is -0.361 e. The zero-order valence-electron chi connectivity index (χ0n) is 16.9. The van der Waals surface area contributed by atoms with Gasteiger partial charge in [-0.1, -0.05) is 47.0 Å². The maximum Gasteiger partial charge on any atom is 0.276 e. The van der Waals surface area contributed by atoms with Crippen LogP contribution in [0.5, 0.6) is 0 Å². The van der Waals surface area contributed by atoms with Crippen molar-refractivity contribution in [1.82, 2.24) is 9.80 Å². The van der Waals surface area contributed by atoms with Gasteiger partial charge in [-0.2, -0.15) is 0 Å². The van der Waals surface area contributed by atoms with Gasteiger partial charge in [-0.25, -0.2) is 0 Å². The summed E-state index contributed by atoms with van der Waals surface area (Å²) in [6.45, 7) is 0. The molecule has 0 aliphatic rings. The predicted molar refractivity (Wildman–Crippen MR) is 130 cm³/mol.